The number of aromatic nitrogens is 6. The fourth-order valence-electron chi connectivity index (χ4n) is 5.15. The molecule has 1 aliphatic rings. The third-order valence-corrected chi connectivity index (χ3v) is 7.91. The molecule has 3 aromatic rings. The number of nitrogens with zero attached hydrogens (tertiary/aromatic N) is 8. The predicted octanol–water partition coefficient (Wildman–Crippen LogP) is 4.82. The van der Waals surface area contributed by atoms with Crippen molar-refractivity contribution in [2.45, 2.75) is 97.7 Å². The zero-order chi connectivity index (χ0) is 33.0. The standard InChI is InChI=1S/C34H50N8O3/c1-23-17-26(29(43)41(10)13-15-44-21-24-18-28(33(5,6)7)37-22-36-24)39-30(38-23)34(8,9)19-25-20-42(14-16-45-25)31-35-12-11-27(40-31)32(2,3)4/h11-12,17-18,22,25H,13-16,19-21H2,1-10H3. The van der Waals surface area contributed by atoms with Gasteiger partial charge < -0.3 is 19.3 Å². The first-order chi connectivity index (χ1) is 21.0. The first-order valence-electron chi connectivity index (χ1n) is 15.7. The largest absolute Gasteiger partial charge is 0.375 e. The highest BCUT2D eigenvalue weighted by atomic mass is 16.5. The van der Waals surface area contributed by atoms with Crippen LogP contribution in [0.5, 0.6) is 0 Å². The van der Waals surface area contributed by atoms with E-state index in [-0.39, 0.29) is 22.8 Å². The van der Waals surface area contributed by atoms with Crippen molar-refractivity contribution in [2.75, 3.05) is 44.8 Å². The summed E-state index contributed by atoms with van der Waals surface area (Å²) in [6.07, 6.45) is 4.03. The van der Waals surface area contributed by atoms with Gasteiger partial charge in [0.1, 0.15) is 17.8 Å². The molecule has 11 heteroatoms. The zero-order valence-corrected chi connectivity index (χ0v) is 28.7. The summed E-state index contributed by atoms with van der Waals surface area (Å²) in [4.78, 5) is 44.8. The molecule has 0 spiro atoms. The molecule has 1 saturated heterocycles. The van der Waals surface area contributed by atoms with E-state index in [0.29, 0.717) is 50.8 Å². The molecule has 4 heterocycles. The van der Waals surface area contributed by atoms with E-state index in [4.69, 9.17) is 24.4 Å². The molecule has 0 bridgehead atoms. The van der Waals surface area contributed by atoms with Crippen molar-refractivity contribution in [3.8, 4) is 0 Å². The molecular weight excluding hydrogens is 568 g/mol. The van der Waals surface area contributed by atoms with Crippen LogP contribution >= 0.6 is 0 Å². The van der Waals surface area contributed by atoms with Gasteiger partial charge >= 0.3 is 0 Å². The highest BCUT2D eigenvalue weighted by Gasteiger charge is 2.33. The molecule has 1 aliphatic heterocycles. The van der Waals surface area contributed by atoms with Crippen LogP contribution in [0, 0.1) is 6.92 Å². The lowest BCUT2D eigenvalue weighted by Gasteiger charge is -2.37. The van der Waals surface area contributed by atoms with Crippen LogP contribution < -0.4 is 4.90 Å². The van der Waals surface area contributed by atoms with E-state index in [2.05, 4.69) is 75.2 Å². The second-order valence-corrected chi connectivity index (χ2v) is 14.7. The number of carbonyl (C=O) groups is 1. The van der Waals surface area contributed by atoms with Gasteiger partial charge in [-0.3, -0.25) is 4.79 Å². The summed E-state index contributed by atoms with van der Waals surface area (Å²) in [6.45, 7) is 22.0. The van der Waals surface area contributed by atoms with E-state index in [1.54, 1.807) is 24.3 Å². The number of anilines is 1. The number of morpholine rings is 1. The molecule has 0 saturated carbocycles. The van der Waals surface area contributed by atoms with Crippen LogP contribution in [0.15, 0.2) is 30.7 Å². The molecule has 4 rings (SSSR count). The summed E-state index contributed by atoms with van der Waals surface area (Å²) in [5.74, 6) is 1.18. The van der Waals surface area contributed by atoms with Crippen molar-refractivity contribution in [3.05, 3.63) is 65.0 Å². The number of carbonyl (C=O) groups excluding carboxylic acids is 1. The first kappa shape index (κ1) is 34.3. The zero-order valence-electron chi connectivity index (χ0n) is 28.7. The van der Waals surface area contributed by atoms with Gasteiger partial charge in [-0.2, -0.15) is 0 Å². The Morgan fingerprint density at radius 1 is 1.00 bits per heavy atom. The third kappa shape index (κ3) is 9.23. The normalized spacial score (nSPS) is 16.1. The van der Waals surface area contributed by atoms with Crippen molar-refractivity contribution in [1.82, 2.24) is 34.8 Å². The number of likely N-dealkylation sites (N-methyl/N-ethyl adjacent to an activating group) is 1. The molecule has 0 N–H and O–H groups in total. The third-order valence-electron chi connectivity index (χ3n) is 7.91. The summed E-state index contributed by atoms with van der Waals surface area (Å²) < 4.78 is 12.0. The Morgan fingerprint density at radius 2 is 1.73 bits per heavy atom. The number of amides is 1. The molecule has 3 aromatic heterocycles. The van der Waals surface area contributed by atoms with Gasteiger partial charge in [-0.15, -0.1) is 0 Å². The van der Waals surface area contributed by atoms with Gasteiger partial charge in [0.25, 0.3) is 5.91 Å². The Morgan fingerprint density at radius 3 is 2.44 bits per heavy atom. The fourth-order valence-corrected chi connectivity index (χ4v) is 5.15. The SMILES string of the molecule is Cc1cc(C(=O)N(C)CCOCc2cc(C(C)(C)C)ncn2)nc(C(C)(C)CC2CN(c3nccc(C(C)(C)C)n3)CCO2)n1. The van der Waals surface area contributed by atoms with E-state index < -0.39 is 5.41 Å². The fraction of sp³-hybridized carbons (Fsp3) is 0.618. The van der Waals surface area contributed by atoms with Crippen molar-refractivity contribution < 1.29 is 14.3 Å². The van der Waals surface area contributed by atoms with Crippen LogP contribution in [0.3, 0.4) is 0 Å². The molecule has 1 fully saturated rings. The number of hydrogen-bond donors (Lipinski definition) is 0. The van der Waals surface area contributed by atoms with Crippen molar-refractivity contribution in [3.63, 3.8) is 0 Å². The summed E-state index contributed by atoms with van der Waals surface area (Å²) in [5.41, 5.74) is 3.36. The Kier molecular flexibility index (Phi) is 10.5. The Hall–Kier alpha value is -3.57. The van der Waals surface area contributed by atoms with Crippen molar-refractivity contribution >= 4 is 11.9 Å². The number of aryl methyl sites for hydroxylation is 1. The summed E-state index contributed by atoms with van der Waals surface area (Å²) in [7, 11) is 1.76. The average Bonchev–Trinajstić information content (AvgIpc) is 2.98. The molecule has 11 nitrogen and oxygen atoms in total. The monoisotopic (exact) mass is 618 g/mol. The topological polar surface area (TPSA) is 119 Å². The highest BCUT2D eigenvalue weighted by molar-refractivity contribution is 5.92. The lowest BCUT2D eigenvalue weighted by atomic mass is 9.85. The lowest BCUT2D eigenvalue weighted by Crippen LogP contribution is -2.46. The van der Waals surface area contributed by atoms with E-state index in [1.165, 1.54) is 0 Å². The minimum atomic E-state index is -0.437. The Labute approximate surface area is 268 Å². The molecule has 1 amide bonds. The molecule has 1 unspecified atom stereocenters. The molecule has 0 radical (unpaired) electrons. The van der Waals surface area contributed by atoms with E-state index >= 15 is 0 Å². The van der Waals surface area contributed by atoms with Crippen molar-refractivity contribution in [2.24, 2.45) is 0 Å². The van der Waals surface area contributed by atoms with Crippen LogP contribution in [0.25, 0.3) is 0 Å². The van der Waals surface area contributed by atoms with Gasteiger partial charge in [0.05, 0.1) is 37.3 Å². The van der Waals surface area contributed by atoms with Gasteiger partial charge in [-0.25, -0.2) is 29.9 Å². The number of ether oxygens (including phenoxy) is 2. The Bertz CT molecular complexity index is 1460. The van der Waals surface area contributed by atoms with Crippen LogP contribution in [0.2, 0.25) is 0 Å². The van der Waals surface area contributed by atoms with Crippen LogP contribution in [-0.4, -0.2) is 86.7 Å². The lowest BCUT2D eigenvalue weighted by molar-refractivity contribution is 0.0216. The van der Waals surface area contributed by atoms with E-state index in [9.17, 15) is 4.79 Å². The second-order valence-electron chi connectivity index (χ2n) is 14.7. The predicted molar refractivity (Wildman–Crippen MR) is 174 cm³/mol. The molecule has 0 aromatic carbocycles. The quantitative estimate of drug-likeness (QED) is 0.293. The van der Waals surface area contributed by atoms with E-state index in [1.807, 2.05) is 25.3 Å². The molecule has 0 aliphatic carbocycles. The molecule has 244 valence electrons. The summed E-state index contributed by atoms with van der Waals surface area (Å²) in [6, 6.07) is 5.69. The van der Waals surface area contributed by atoms with Crippen LogP contribution in [-0.2, 0) is 32.3 Å². The summed E-state index contributed by atoms with van der Waals surface area (Å²) >= 11 is 0. The van der Waals surface area contributed by atoms with Crippen molar-refractivity contribution in [1.29, 1.82) is 0 Å². The Balaban J connectivity index is 1.36. The van der Waals surface area contributed by atoms with Crippen LogP contribution in [0.1, 0.15) is 101 Å². The van der Waals surface area contributed by atoms with Gasteiger partial charge in [0.2, 0.25) is 5.95 Å². The number of hydrogen-bond acceptors (Lipinski definition) is 10. The van der Waals surface area contributed by atoms with Crippen LogP contribution in [0.4, 0.5) is 5.95 Å². The minimum absolute atomic E-state index is 0.0574. The molecular formula is C34H50N8O3. The highest BCUT2D eigenvalue weighted by Crippen LogP contribution is 2.30. The van der Waals surface area contributed by atoms with E-state index in [0.717, 1.165) is 35.3 Å². The maximum absolute atomic E-state index is 13.4. The second kappa shape index (κ2) is 13.8. The van der Waals surface area contributed by atoms with Gasteiger partial charge in [-0.1, -0.05) is 55.4 Å². The van der Waals surface area contributed by atoms with Gasteiger partial charge in [-0.05, 0) is 31.5 Å². The smallest absolute Gasteiger partial charge is 0.272 e. The maximum atomic E-state index is 13.4. The first-order valence-corrected chi connectivity index (χ1v) is 15.7. The average molecular weight is 619 g/mol. The number of rotatable bonds is 10. The van der Waals surface area contributed by atoms with Gasteiger partial charge in [0.15, 0.2) is 0 Å². The minimum Gasteiger partial charge on any atom is -0.375 e. The van der Waals surface area contributed by atoms with Gasteiger partial charge in [0, 0.05) is 60.5 Å². The maximum Gasteiger partial charge on any atom is 0.272 e. The molecule has 1 atom stereocenters. The molecule has 45 heavy (non-hydrogen) atoms. The summed E-state index contributed by atoms with van der Waals surface area (Å²) in [5, 5.41) is 0.